The van der Waals surface area contributed by atoms with Crippen LogP contribution in [0.15, 0.2) is 23.0 Å². The summed E-state index contributed by atoms with van der Waals surface area (Å²) in [5, 5.41) is 10.7. The summed E-state index contributed by atoms with van der Waals surface area (Å²) in [6, 6.07) is 5.09. The maximum atomic E-state index is 11.7. The van der Waals surface area contributed by atoms with Crippen LogP contribution in [0.5, 0.6) is 5.88 Å². The molecule has 0 aliphatic carbocycles. The summed E-state index contributed by atoms with van der Waals surface area (Å²) in [6.45, 7) is 1.78. The fourth-order valence-corrected chi connectivity index (χ4v) is 2.25. The van der Waals surface area contributed by atoms with Crippen LogP contribution in [0.3, 0.4) is 0 Å². The maximum absolute atomic E-state index is 11.7. The Morgan fingerprint density at radius 3 is 2.68 bits per heavy atom. The van der Waals surface area contributed by atoms with E-state index in [1.807, 2.05) is 0 Å². The molecule has 2 rings (SSSR count). The lowest BCUT2D eigenvalue weighted by Crippen LogP contribution is -2.16. The van der Waals surface area contributed by atoms with E-state index >= 15 is 0 Å². The first-order valence-corrected chi connectivity index (χ1v) is 6.51. The molecule has 1 aromatic heterocycles. The number of aromatic hydroxyl groups is 1. The van der Waals surface area contributed by atoms with Crippen LogP contribution in [0.25, 0.3) is 0 Å². The molecule has 4 nitrogen and oxygen atoms in total. The molecule has 100 valence electrons. The lowest BCUT2D eigenvalue weighted by atomic mass is 10.1. The van der Waals surface area contributed by atoms with E-state index in [1.165, 1.54) is 0 Å². The van der Waals surface area contributed by atoms with Crippen molar-refractivity contribution in [2.45, 2.75) is 19.8 Å². The van der Waals surface area contributed by atoms with Crippen molar-refractivity contribution in [2.75, 3.05) is 0 Å². The molecule has 19 heavy (non-hydrogen) atoms. The number of nitrogens with one attached hydrogen (secondary N) is 1. The highest BCUT2D eigenvalue weighted by Gasteiger charge is 2.10. The zero-order valence-corrected chi connectivity index (χ0v) is 11.7. The van der Waals surface area contributed by atoms with Crippen LogP contribution in [-0.2, 0) is 12.8 Å². The van der Waals surface area contributed by atoms with Gasteiger partial charge in [0.05, 0.1) is 5.56 Å². The quantitative estimate of drug-likeness (QED) is 0.915. The van der Waals surface area contributed by atoms with E-state index in [9.17, 15) is 9.90 Å². The Kier molecular flexibility index (Phi) is 4.12. The minimum Gasteiger partial charge on any atom is -0.493 e. The van der Waals surface area contributed by atoms with Crippen molar-refractivity contribution in [1.29, 1.82) is 0 Å². The number of H-pyrrole nitrogens is 1. The van der Waals surface area contributed by atoms with E-state index in [0.717, 1.165) is 5.56 Å². The van der Waals surface area contributed by atoms with Gasteiger partial charge in [-0.1, -0.05) is 36.2 Å². The Balaban J connectivity index is 2.36. The average molecular weight is 299 g/mol. The van der Waals surface area contributed by atoms with Gasteiger partial charge in [-0.05, 0) is 24.1 Å². The number of nitrogens with zero attached hydrogens (tertiary/aromatic N) is 1. The fourth-order valence-electron chi connectivity index (χ4n) is 1.78. The maximum Gasteiger partial charge on any atom is 0.257 e. The summed E-state index contributed by atoms with van der Waals surface area (Å²) < 4.78 is 0. The second kappa shape index (κ2) is 5.63. The molecule has 0 unspecified atom stereocenters. The summed E-state index contributed by atoms with van der Waals surface area (Å²) in [6.07, 6.45) is 0.749. The minimum atomic E-state index is -0.324. The first-order chi connectivity index (χ1) is 9.01. The molecular weight excluding hydrogens is 287 g/mol. The second-order valence-corrected chi connectivity index (χ2v) is 4.92. The normalized spacial score (nSPS) is 10.7. The third-order valence-electron chi connectivity index (χ3n) is 2.77. The lowest BCUT2D eigenvalue weighted by Gasteiger charge is -2.06. The molecule has 0 bridgehead atoms. The zero-order valence-electron chi connectivity index (χ0n) is 10.2. The summed E-state index contributed by atoms with van der Waals surface area (Å²) in [5.41, 5.74) is 0.735. The van der Waals surface area contributed by atoms with Gasteiger partial charge in [0.25, 0.3) is 5.56 Å². The van der Waals surface area contributed by atoms with Gasteiger partial charge in [0.1, 0.15) is 5.82 Å². The minimum absolute atomic E-state index is 0.230. The summed E-state index contributed by atoms with van der Waals surface area (Å²) in [4.78, 5) is 18.3. The Labute approximate surface area is 120 Å². The summed E-state index contributed by atoms with van der Waals surface area (Å²) >= 11 is 11.9. The van der Waals surface area contributed by atoms with Gasteiger partial charge in [0.15, 0.2) is 0 Å². The predicted octanol–water partition coefficient (Wildman–Crippen LogP) is 2.94. The van der Waals surface area contributed by atoms with Crippen molar-refractivity contribution in [3.8, 4) is 5.88 Å². The molecule has 2 N–H and O–H groups in total. The predicted molar refractivity (Wildman–Crippen MR) is 75.2 cm³/mol. The number of hydrogen-bond donors (Lipinski definition) is 2. The van der Waals surface area contributed by atoms with Gasteiger partial charge >= 0.3 is 0 Å². The van der Waals surface area contributed by atoms with Crippen molar-refractivity contribution in [2.24, 2.45) is 0 Å². The standard InChI is InChI=1S/C13H12Cl2N2O2/c1-2-9-12(18)16-11(17-13(9)19)5-7-3-4-8(14)6-10(7)15/h3-4,6H,2,5H2,1H3,(H2,16,17,18,19). The second-order valence-electron chi connectivity index (χ2n) is 4.08. The van der Waals surface area contributed by atoms with E-state index in [0.29, 0.717) is 28.7 Å². The number of halogens is 2. The Bertz CT molecular complexity index is 668. The van der Waals surface area contributed by atoms with Crippen LogP contribution >= 0.6 is 23.2 Å². The van der Waals surface area contributed by atoms with Gasteiger partial charge in [0.2, 0.25) is 5.88 Å². The Morgan fingerprint density at radius 1 is 1.37 bits per heavy atom. The number of aromatic nitrogens is 2. The number of benzene rings is 1. The molecule has 0 spiro atoms. The molecule has 2 aromatic rings. The first-order valence-electron chi connectivity index (χ1n) is 5.76. The zero-order chi connectivity index (χ0) is 14.0. The highest BCUT2D eigenvalue weighted by Crippen LogP contribution is 2.22. The van der Waals surface area contributed by atoms with Gasteiger partial charge in [-0.25, -0.2) is 0 Å². The van der Waals surface area contributed by atoms with Crippen LogP contribution in [0.2, 0.25) is 10.0 Å². The van der Waals surface area contributed by atoms with Crippen LogP contribution < -0.4 is 5.56 Å². The molecule has 0 atom stereocenters. The number of hydrogen-bond acceptors (Lipinski definition) is 3. The third kappa shape index (κ3) is 3.08. The van der Waals surface area contributed by atoms with Crippen molar-refractivity contribution in [3.05, 3.63) is 55.5 Å². The number of rotatable bonds is 3. The molecular formula is C13H12Cl2N2O2. The fraction of sp³-hybridized carbons (Fsp3) is 0.231. The van der Waals surface area contributed by atoms with Crippen LogP contribution in [-0.4, -0.2) is 15.1 Å². The number of aromatic amines is 1. The Morgan fingerprint density at radius 2 is 2.11 bits per heavy atom. The largest absolute Gasteiger partial charge is 0.493 e. The summed E-state index contributed by atoms with van der Waals surface area (Å²) in [7, 11) is 0. The molecule has 0 amide bonds. The Hall–Kier alpha value is -1.52. The van der Waals surface area contributed by atoms with Crippen molar-refractivity contribution >= 4 is 23.2 Å². The van der Waals surface area contributed by atoms with E-state index in [4.69, 9.17) is 23.2 Å². The molecule has 0 saturated carbocycles. The van der Waals surface area contributed by atoms with Gasteiger partial charge in [0, 0.05) is 16.5 Å². The first kappa shape index (κ1) is 13.9. The van der Waals surface area contributed by atoms with Crippen LogP contribution in [0.1, 0.15) is 23.9 Å². The topological polar surface area (TPSA) is 66.0 Å². The van der Waals surface area contributed by atoms with Gasteiger partial charge < -0.3 is 10.1 Å². The van der Waals surface area contributed by atoms with Crippen LogP contribution in [0.4, 0.5) is 0 Å². The molecule has 0 aliphatic heterocycles. The van der Waals surface area contributed by atoms with Crippen LogP contribution in [0, 0.1) is 0 Å². The van der Waals surface area contributed by atoms with Gasteiger partial charge in [-0.15, -0.1) is 0 Å². The van der Waals surface area contributed by atoms with Crippen molar-refractivity contribution in [1.82, 2.24) is 9.97 Å². The van der Waals surface area contributed by atoms with E-state index in [2.05, 4.69) is 9.97 Å². The van der Waals surface area contributed by atoms with Crippen molar-refractivity contribution in [3.63, 3.8) is 0 Å². The van der Waals surface area contributed by atoms with Gasteiger partial charge in [-0.2, -0.15) is 4.98 Å². The smallest absolute Gasteiger partial charge is 0.257 e. The SMILES string of the molecule is CCc1c(O)nc(Cc2ccc(Cl)cc2Cl)[nH]c1=O. The third-order valence-corrected chi connectivity index (χ3v) is 3.36. The molecule has 0 aliphatic rings. The summed E-state index contributed by atoms with van der Waals surface area (Å²) in [5.74, 6) is 0.134. The molecule has 0 fully saturated rings. The van der Waals surface area contributed by atoms with Crippen molar-refractivity contribution < 1.29 is 5.11 Å². The van der Waals surface area contributed by atoms with Gasteiger partial charge in [-0.3, -0.25) is 4.79 Å². The molecule has 6 heteroatoms. The van der Waals surface area contributed by atoms with E-state index < -0.39 is 0 Å². The highest BCUT2D eigenvalue weighted by molar-refractivity contribution is 6.35. The highest BCUT2D eigenvalue weighted by atomic mass is 35.5. The molecule has 0 radical (unpaired) electrons. The average Bonchev–Trinajstić information content (AvgIpc) is 2.32. The molecule has 0 saturated heterocycles. The van der Waals surface area contributed by atoms with E-state index in [1.54, 1.807) is 25.1 Å². The lowest BCUT2D eigenvalue weighted by molar-refractivity contribution is 0.440. The van der Waals surface area contributed by atoms with E-state index in [-0.39, 0.29) is 17.0 Å². The molecule has 1 aromatic carbocycles. The molecule has 1 heterocycles. The monoisotopic (exact) mass is 298 g/mol.